The topological polar surface area (TPSA) is 85.5 Å². The minimum atomic E-state index is 0. The van der Waals surface area contributed by atoms with E-state index in [9.17, 15) is 0 Å². The zero-order chi connectivity index (χ0) is 0. The molecule has 0 aromatic carbocycles. The van der Waals surface area contributed by atoms with Crippen LogP contribution in [0, 0.1) is 7.43 Å². The van der Waals surface area contributed by atoms with E-state index in [1.807, 2.05) is 0 Å². The van der Waals surface area contributed by atoms with Crippen molar-refractivity contribution < 1.29 is 54.9 Å². The zero-order valence-electron chi connectivity index (χ0n) is 2.56. The standard InChI is InChI=1S/C.Co.3O.Ti/q;+2;3*-2;+4. The first kappa shape index (κ1) is 218. The van der Waals surface area contributed by atoms with Gasteiger partial charge in [0.2, 0.25) is 0 Å². The van der Waals surface area contributed by atoms with Crippen LogP contribution in [-0.4, -0.2) is 0 Å². The third-order valence-electron chi connectivity index (χ3n) is 0. The summed E-state index contributed by atoms with van der Waals surface area (Å²) in [4.78, 5) is 0. The molecule has 0 aliphatic carbocycles. The molecule has 0 aromatic rings. The molecular formula is CCoO3Ti. The molecule has 0 rings (SSSR count). The summed E-state index contributed by atoms with van der Waals surface area (Å²) in [5.74, 6) is 0. The largest absolute Gasteiger partial charge is 4.00 e. The van der Waals surface area contributed by atoms with Crippen LogP contribution in [0.5, 0.6) is 0 Å². The van der Waals surface area contributed by atoms with Crippen molar-refractivity contribution in [3.63, 3.8) is 0 Å². The first-order valence-corrected chi connectivity index (χ1v) is 0. The normalized spacial score (nSPS) is 0. The van der Waals surface area contributed by atoms with Crippen LogP contribution in [0.1, 0.15) is 0 Å². The van der Waals surface area contributed by atoms with Gasteiger partial charge in [0.05, 0.1) is 0 Å². The summed E-state index contributed by atoms with van der Waals surface area (Å²) in [6.45, 7) is 0. The Balaban J connectivity index is 0. The predicted octanol–water partition coefficient (Wildman–Crippen LogP) is -0.280. The summed E-state index contributed by atoms with van der Waals surface area (Å²) in [6.07, 6.45) is 0. The number of rotatable bonds is 0. The van der Waals surface area contributed by atoms with Crippen molar-refractivity contribution in [2.75, 3.05) is 0 Å². The molecule has 0 N–H and O–H groups in total. The molecule has 0 bridgehead atoms. The van der Waals surface area contributed by atoms with Crippen molar-refractivity contribution >= 4 is 0 Å². The van der Waals surface area contributed by atoms with E-state index < -0.39 is 0 Å². The minimum absolute atomic E-state index is 0. The van der Waals surface area contributed by atoms with E-state index in [1.165, 1.54) is 0 Å². The van der Waals surface area contributed by atoms with E-state index in [0.29, 0.717) is 0 Å². The third-order valence-corrected chi connectivity index (χ3v) is 0. The van der Waals surface area contributed by atoms with E-state index in [-0.39, 0.29) is 62.4 Å². The zero-order valence-corrected chi connectivity index (χ0v) is 5.16. The summed E-state index contributed by atoms with van der Waals surface area (Å²) < 4.78 is 0. The quantitative estimate of drug-likeness (QED) is 0.444. The van der Waals surface area contributed by atoms with Crippen LogP contribution < -0.4 is 0 Å². The molecule has 0 amide bonds. The van der Waals surface area contributed by atoms with Crippen LogP contribution in [0.15, 0.2) is 0 Å². The van der Waals surface area contributed by atoms with Crippen molar-refractivity contribution in [2.24, 2.45) is 0 Å². The number of hydrogen-bond donors (Lipinski definition) is 0. The Hall–Kier alpha value is 1.10. The second-order valence-electron chi connectivity index (χ2n) is 0. The maximum Gasteiger partial charge on any atom is 4.00 e. The Bertz CT molecular complexity index is 10.8. The fraction of sp³-hybridized carbons (Fsp3) is 0. The monoisotopic (exact) mass is 167 g/mol. The van der Waals surface area contributed by atoms with Crippen LogP contribution in [-0.2, 0) is 54.9 Å². The van der Waals surface area contributed by atoms with Gasteiger partial charge in [-0.25, -0.2) is 0 Å². The fourth-order valence-corrected chi connectivity index (χ4v) is 0. The van der Waals surface area contributed by atoms with Gasteiger partial charge in [-0.15, -0.1) is 0 Å². The maximum atomic E-state index is 0. The molecule has 0 heterocycles. The van der Waals surface area contributed by atoms with E-state index in [4.69, 9.17) is 0 Å². The van der Waals surface area contributed by atoms with Gasteiger partial charge in [0.25, 0.3) is 0 Å². The van der Waals surface area contributed by atoms with Gasteiger partial charge in [-0.05, 0) is 0 Å². The molecule has 35 valence electrons. The first-order valence-electron chi connectivity index (χ1n) is 0. The van der Waals surface area contributed by atoms with Gasteiger partial charge in [0.15, 0.2) is 0 Å². The average Bonchev–Trinajstić information content (AvgIpc) is 0. The summed E-state index contributed by atoms with van der Waals surface area (Å²) in [5, 5.41) is 0. The molecule has 0 fully saturated rings. The fourth-order valence-electron chi connectivity index (χ4n) is 0. The van der Waals surface area contributed by atoms with E-state index in [2.05, 4.69) is 0 Å². The van der Waals surface area contributed by atoms with Gasteiger partial charge in [-0.3, -0.25) is 0 Å². The second kappa shape index (κ2) is 131. The molecule has 0 spiro atoms. The molecule has 0 aromatic heterocycles. The Morgan fingerprint density at radius 1 is 0.667 bits per heavy atom. The van der Waals surface area contributed by atoms with Gasteiger partial charge in [-0.1, -0.05) is 0 Å². The smallest absolute Gasteiger partial charge is 2.00 e. The van der Waals surface area contributed by atoms with Crippen molar-refractivity contribution in [3.05, 3.63) is 7.43 Å². The SMILES string of the molecule is [C].[Co+2].[O-2].[O-2].[O-2].[Ti+4]. The van der Waals surface area contributed by atoms with E-state index in [0.717, 1.165) is 0 Å². The average molecular weight is 167 g/mol. The van der Waals surface area contributed by atoms with Crippen molar-refractivity contribution in [3.8, 4) is 0 Å². The van der Waals surface area contributed by atoms with Gasteiger partial charge in [0.1, 0.15) is 0 Å². The molecule has 3 nitrogen and oxygen atoms in total. The molecule has 0 aliphatic rings. The Morgan fingerprint density at radius 2 is 0.667 bits per heavy atom. The molecule has 0 aliphatic heterocycles. The summed E-state index contributed by atoms with van der Waals surface area (Å²) in [5.41, 5.74) is 0. The van der Waals surface area contributed by atoms with Crippen molar-refractivity contribution in [1.29, 1.82) is 0 Å². The summed E-state index contributed by atoms with van der Waals surface area (Å²) in [6, 6.07) is 0. The number of hydrogen-bond acceptors (Lipinski definition) is 0. The molecule has 0 saturated carbocycles. The van der Waals surface area contributed by atoms with Crippen LogP contribution >= 0.6 is 0 Å². The van der Waals surface area contributed by atoms with E-state index >= 15 is 0 Å². The van der Waals surface area contributed by atoms with Crippen LogP contribution in [0.2, 0.25) is 0 Å². The van der Waals surface area contributed by atoms with Crippen LogP contribution in [0.25, 0.3) is 0 Å². The van der Waals surface area contributed by atoms with Gasteiger partial charge in [-0.2, -0.15) is 0 Å². The van der Waals surface area contributed by atoms with Gasteiger partial charge < -0.3 is 16.4 Å². The van der Waals surface area contributed by atoms with Crippen molar-refractivity contribution in [2.45, 2.75) is 0 Å². The predicted molar refractivity (Wildman–Crippen MR) is 5.30 cm³/mol. The van der Waals surface area contributed by atoms with Crippen LogP contribution in [0.4, 0.5) is 0 Å². The molecule has 0 atom stereocenters. The van der Waals surface area contributed by atoms with Crippen molar-refractivity contribution in [1.82, 2.24) is 0 Å². The Morgan fingerprint density at radius 3 is 0.667 bits per heavy atom. The Kier molecular flexibility index (Phi) is 4760. The van der Waals surface area contributed by atoms with E-state index in [1.54, 1.807) is 0 Å². The van der Waals surface area contributed by atoms with Gasteiger partial charge >= 0.3 is 38.5 Å². The molecule has 6 heavy (non-hydrogen) atoms. The minimum Gasteiger partial charge on any atom is -2.00 e. The maximum absolute atomic E-state index is 0. The molecule has 5 heteroatoms. The van der Waals surface area contributed by atoms with Gasteiger partial charge in [0, 0.05) is 7.43 Å². The molecular weight excluding hydrogens is 167 g/mol. The summed E-state index contributed by atoms with van der Waals surface area (Å²) >= 11 is 0. The van der Waals surface area contributed by atoms with Crippen LogP contribution in [0.3, 0.4) is 0 Å². The summed E-state index contributed by atoms with van der Waals surface area (Å²) in [7, 11) is 0. The molecule has 5 radical (unpaired) electrons. The first-order chi connectivity index (χ1) is 0. The second-order valence-corrected chi connectivity index (χ2v) is 0. The Labute approximate surface area is 62.5 Å². The molecule has 0 saturated heterocycles. The third kappa shape index (κ3) is 70.8. The molecule has 0 unspecified atom stereocenters.